The van der Waals surface area contributed by atoms with Gasteiger partial charge in [-0.25, -0.2) is 4.39 Å². The van der Waals surface area contributed by atoms with Crippen LogP contribution in [0, 0.1) is 17.1 Å². The number of allylic oxidation sites excluding steroid dienone is 1. The van der Waals surface area contributed by atoms with Crippen LogP contribution in [-0.4, -0.2) is 4.98 Å². The molecule has 0 bridgehead atoms. The summed E-state index contributed by atoms with van der Waals surface area (Å²) in [6.45, 7) is 0. The number of para-hydroxylation sites is 1. The molecule has 0 fully saturated rings. The zero-order valence-electron chi connectivity index (χ0n) is 13.8. The summed E-state index contributed by atoms with van der Waals surface area (Å²) in [5.74, 6) is 1.03. The van der Waals surface area contributed by atoms with Crippen LogP contribution in [0.3, 0.4) is 0 Å². The molecule has 0 radical (unpaired) electrons. The predicted molar refractivity (Wildman–Crippen MR) is 102 cm³/mol. The van der Waals surface area contributed by atoms with E-state index in [0.717, 1.165) is 5.56 Å². The van der Waals surface area contributed by atoms with E-state index in [2.05, 4.69) is 11.1 Å². The van der Waals surface area contributed by atoms with Crippen LogP contribution >= 0.6 is 11.8 Å². The Labute approximate surface area is 155 Å². The number of halogens is 1. The van der Waals surface area contributed by atoms with Crippen LogP contribution in [0.15, 0.2) is 78.3 Å². The van der Waals surface area contributed by atoms with Crippen molar-refractivity contribution in [2.75, 3.05) is 0 Å². The molecule has 26 heavy (non-hydrogen) atoms. The van der Waals surface area contributed by atoms with Crippen molar-refractivity contribution in [1.29, 1.82) is 5.26 Å². The molecule has 2 aromatic carbocycles. The van der Waals surface area contributed by atoms with Crippen LogP contribution in [0.4, 0.5) is 4.39 Å². The fraction of sp³-hybridized carbons (Fsp3) is 0.0476. The van der Waals surface area contributed by atoms with E-state index in [1.54, 1.807) is 41.9 Å². The van der Waals surface area contributed by atoms with Crippen molar-refractivity contribution in [3.8, 4) is 17.6 Å². The maximum absolute atomic E-state index is 13.7. The molecule has 0 spiro atoms. The molecule has 0 aliphatic rings. The number of rotatable bonds is 6. The lowest BCUT2D eigenvalue weighted by atomic mass is 10.2. The molecular formula is C21H15FN2OS. The summed E-state index contributed by atoms with van der Waals surface area (Å²) >= 11 is 1.50. The van der Waals surface area contributed by atoms with Gasteiger partial charge in [0.1, 0.15) is 11.8 Å². The first kappa shape index (κ1) is 17.7. The molecule has 0 aliphatic heterocycles. The largest absolute Gasteiger partial charge is 0.454 e. The predicted octanol–water partition coefficient (Wildman–Crippen LogP) is 5.81. The van der Waals surface area contributed by atoms with Crippen molar-refractivity contribution in [3.05, 3.63) is 95.4 Å². The Morgan fingerprint density at radius 3 is 2.73 bits per heavy atom. The van der Waals surface area contributed by atoms with Gasteiger partial charge in [-0.2, -0.15) is 5.26 Å². The lowest BCUT2D eigenvalue weighted by Gasteiger charge is -2.08. The number of benzene rings is 2. The highest BCUT2D eigenvalue weighted by Crippen LogP contribution is 2.26. The van der Waals surface area contributed by atoms with Crippen molar-refractivity contribution < 1.29 is 9.13 Å². The molecule has 0 atom stereocenters. The Morgan fingerprint density at radius 2 is 1.96 bits per heavy atom. The van der Waals surface area contributed by atoms with E-state index in [4.69, 9.17) is 4.74 Å². The summed E-state index contributed by atoms with van der Waals surface area (Å²) in [5.41, 5.74) is 2.19. The van der Waals surface area contributed by atoms with Crippen LogP contribution in [0.25, 0.3) is 5.57 Å². The Hall–Kier alpha value is -3.10. The fourth-order valence-electron chi connectivity index (χ4n) is 2.24. The minimum absolute atomic E-state index is 0.194. The highest BCUT2D eigenvalue weighted by Gasteiger charge is 2.05. The highest BCUT2D eigenvalue weighted by atomic mass is 32.2. The average molecular weight is 362 g/mol. The van der Waals surface area contributed by atoms with E-state index in [1.807, 2.05) is 30.3 Å². The minimum Gasteiger partial charge on any atom is -0.454 e. The fourth-order valence-corrected chi connectivity index (χ4v) is 3.04. The van der Waals surface area contributed by atoms with Gasteiger partial charge in [-0.3, -0.25) is 4.98 Å². The number of nitrogens with zero attached hydrogens (tertiary/aromatic N) is 2. The van der Waals surface area contributed by atoms with E-state index in [9.17, 15) is 9.65 Å². The van der Waals surface area contributed by atoms with E-state index >= 15 is 0 Å². The first-order valence-electron chi connectivity index (χ1n) is 7.91. The van der Waals surface area contributed by atoms with Gasteiger partial charge >= 0.3 is 0 Å². The van der Waals surface area contributed by atoms with Crippen molar-refractivity contribution in [2.45, 2.75) is 5.75 Å². The number of hydrogen-bond acceptors (Lipinski definition) is 4. The lowest BCUT2D eigenvalue weighted by molar-refractivity contribution is 0.442. The number of ether oxygens (including phenoxy) is 1. The third-order valence-corrected chi connectivity index (χ3v) is 4.38. The molecule has 5 heteroatoms. The molecule has 0 unspecified atom stereocenters. The van der Waals surface area contributed by atoms with Crippen LogP contribution in [0.5, 0.6) is 11.5 Å². The zero-order chi connectivity index (χ0) is 18.2. The van der Waals surface area contributed by atoms with E-state index in [-0.39, 0.29) is 5.75 Å². The second kappa shape index (κ2) is 8.84. The average Bonchev–Trinajstić information content (AvgIpc) is 2.68. The number of nitriles is 1. The van der Waals surface area contributed by atoms with Gasteiger partial charge in [0.25, 0.3) is 0 Å². The molecule has 3 rings (SSSR count). The van der Waals surface area contributed by atoms with Gasteiger partial charge in [0.05, 0.1) is 11.3 Å². The monoisotopic (exact) mass is 362 g/mol. The molecule has 3 nitrogen and oxygen atoms in total. The van der Waals surface area contributed by atoms with Crippen LogP contribution in [-0.2, 0) is 5.75 Å². The quantitative estimate of drug-likeness (QED) is 0.519. The van der Waals surface area contributed by atoms with Gasteiger partial charge in [0.15, 0.2) is 11.6 Å². The smallest absolute Gasteiger partial charge is 0.165 e. The van der Waals surface area contributed by atoms with Crippen molar-refractivity contribution >= 4 is 17.3 Å². The third kappa shape index (κ3) is 4.71. The molecule has 128 valence electrons. The maximum atomic E-state index is 13.7. The highest BCUT2D eigenvalue weighted by molar-refractivity contribution is 8.01. The molecule has 0 saturated heterocycles. The molecule has 0 saturated carbocycles. The molecule has 0 N–H and O–H groups in total. The number of aromatic nitrogens is 1. The standard InChI is InChI=1S/C21H15FN2OS/c22-19-8-1-2-10-21(19)25-18-7-5-6-16(12-18)14-26-15-17(13-23)20-9-3-4-11-24-20/h1-12,15H,14H2. The Bertz CT molecular complexity index is 951. The van der Waals surface area contributed by atoms with Crippen LogP contribution < -0.4 is 4.74 Å². The Morgan fingerprint density at radius 1 is 1.12 bits per heavy atom. The molecular weight excluding hydrogens is 347 g/mol. The Kier molecular flexibility index (Phi) is 6.02. The lowest BCUT2D eigenvalue weighted by Crippen LogP contribution is -1.89. The molecule has 1 heterocycles. The topological polar surface area (TPSA) is 45.9 Å². The summed E-state index contributed by atoms with van der Waals surface area (Å²) in [7, 11) is 0. The molecule has 1 aromatic heterocycles. The summed E-state index contributed by atoms with van der Waals surface area (Å²) in [4.78, 5) is 4.19. The van der Waals surface area contributed by atoms with E-state index in [1.165, 1.54) is 17.8 Å². The zero-order valence-corrected chi connectivity index (χ0v) is 14.6. The normalized spacial score (nSPS) is 11.0. The van der Waals surface area contributed by atoms with Gasteiger partial charge in [-0.05, 0) is 47.4 Å². The van der Waals surface area contributed by atoms with Gasteiger partial charge in [-0.15, -0.1) is 11.8 Å². The second-order valence-electron chi connectivity index (χ2n) is 5.35. The molecule has 3 aromatic rings. The number of pyridine rings is 1. The van der Waals surface area contributed by atoms with Gasteiger partial charge in [0.2, 0.25) is 0 Å². The van der Waals surface area contributed by atoms with Crippen molar-refractivity contribution in [3.63, 3.8) is 0 Å². The summed E-state index contributed by atoms with van der Waals surface area (Å²) in [5, 5.41) is 11.1. The SMILES string of the molecule is N#CC(=CSCc1cccc(Oc2ccccc2F)c1)c1ccccn1. The molecule has 0 aliphatic carbocycles. The number of hydrogen-bond donors (Lipinski definition) is 0. The Balaban J connectivity index is 1.67. The molecule has 0 amide bonds. The third-order valence-electron chi connectivity index (χ3n) is 3.48. The van der Waals surface area contributed by atoms with Crippen LogP contribution in [0.2, 0.25) is 0 Å². The first-order chi connectivity index (χ1) is 12.8. The maximum Gasteiger partial charge on any atom is 0.165 e. The minimum atomic E-state index is -0.399. The van der Waals surface area contributed by atoms with Crippen molar-refractivity contribution in [2.24, 2.45) is 0 Å². The van der Waals surface area contributed by atoms with Gasteiger partial charge in [-0.1, -0.05) is 30.3 Å². The van der Waals surface area contributed by atoms with Crippen LogP contribution in [0.1, 0.15) is 11.3 Å². The number of thioether (sulfide) groups is 1. The van der Waals surface area contributed by atoms with Gasteiger partial charge < -0.3 is 4.74 Å². The van der Waals surface area contributed by atoms with E-state index < -0.39 is 5.82 Å². The summed E-state index contributed by atoms with van der Waals surface area (Å²) in [6, 6.07) is 21.4. The van der Waals surface area contributed by atoms with Crippen molar-refractivity contribution in [1.82, 2.24) is 4.98 Å². The summed E-state index contributed by atoms with van der Waals surface area (Å²) < 4.78 is 19.3. The van der Waals surface area contributed by atoms with E-state index in [0.29, 0.717) is 22.8 Å². The van der Waals surface area contributed by atoms with Gasteiger partial charge in [0, 0.05) is 11.9 Å². The first-order valence-corrected chi connectivity index (χ1v) is 8.96. The summed E-state index contributed by atoms with van der Waals surface area (Å²) in [6.07, 6.45) is 1.66. The second-order valence-corrected chi connectivity index (χ2v) is 6.21.